The molecule has 0 spiro atoms. The zero-order valence-corrected chi connectivity index (χ0v) is 48.6. The van der Waals surface area contributed by atoms with Gasteiger partial charge in [-0.05, 0) is 0 Å². The summed E-state index contributed by atoms with van der Waals surface area (Å²) in [7, 11) is 0. The second-order valence-corrected chi connectivity index (χ2v) is 22.5. The maximum Gasteiger partial charge on any atom is 0.217 e. The van der Waals surface area contributed by atoms with E-state index < -0.39 is 285 Å². The third kappa shape index (κ3) is 16.4. The van der Waals surface area contributed by atoms with Gasteiger partial charge in [-0.1, -0.05) is 0 Å². The minimum Gasteiger partial charge on any atom is -0.394 e. The van der Waals surface area contributed by atoms with Crippen LogP contribution >= 0.6 is 0 Å². The predicted molar refractivity (Wildman–Crippen MR) is 278 cm³/mol. The molecule has 90 heavy (non-hydrogen) atoms. The Morgan fingerprint density at radius 3 is 1.07 bits per heavy atom. The first-order valence-electron chi connectivity index (χ1n) is 28.6. The zero-order chi connectivity index (χ0) is 66.5. The van der Waals surface area contributed by atoms with Gasteiger partial charge in [-0.2, -0.15) is 0 Å². The highest BCUT2D eigenvalue weighted by Crippen LogP contribution is 2.39. The van der Waals surface area contributed by atoms with Gasteiger partial charge in [0.1, 0.15) is 171 Å². The molecule has 0 bridgehead atoms. The monoisotopic (exact) mass is 1320 g/mol. The number of aliphatic hydroxyl groups excluding tert-OH is 19. The van der Waals surface area contributed by atoms with Crippen LogP contribution in [0.1, 0.15) is 27.7 Å². The molecular formula is C50H84N4O36. The van der Waals surface area contributed by atoms with E-state index in [1.54, 1.807) is 0 Å². The van der Waals surface area contributed by atoms with Crippen molar-refractivity contribution in [2.75, 3.05) is 46.2 Å². The van der Waals surface area contributed by atoms with Crippen LogP contribution < -0.4 is 21.3 Å². The molecule has 0 aromatic heterocycles. The number of rotatable bonds is 23. The molecule has 23 N–H and O–H groups in total. The standard InChI is InChI=1S/C50H84N4O36/c1-12(61)51-23-33(71)39(20(9-59)79-44(23)77)86-47-26(54-15(4)64)34(72)40(21(10-60)84-47)87-49-38(76)42(89-50-43(36(74)30(68)19(8-58)83-50)90-46-25(53-14(3)63)32(70)28(66)17(6-56)81-46)41(88-45-24(52-13(2)62)31(69)27(65)16(5-55)80-45)22(85-49)11-78-48-37(75)35(73)29(67)18(7-57)82-48/h16-50,55-60,65-77H,5-11H2,1-4H3,(H,51,61)(H,52,62)(H,53,63)(H,54,64)/t16-,17-,18-,19-,20-,21-,22-,23-,24-,25-,26-,27-,28-,29-,30-,31-,32-,33-,34-,35+,36+,37+,38+,39-,40-,41-,42-,43+,44-,45+,46+,47+,48+,49+,50-/m1/s1. The van der Waals surface area contributed by atoms with Gasteiger partial charge in [-0.15, -0.1) is 0 Å². The lowest BCUT2D eigenvalue weighted by atomic mass is 9.93. The summed E-state index contributed by atoms with van der Waals surface area (Å²) in [5, 5.41) is 218. The van der Waals surface area contributed by atoms with Crippen molar-refractivity contribution in [1.29, 1.82) is 0 Å². The minimum absolute atomic E-state index is 0.759. The van der Waals surface area contributed by atoms with Gasteiger partial charge < -0.3 is 180 Å². The number of hydrogen-bond donors (Lipinski definition) is 23. The Labute approximate surface area is 510 Å². The van der Waals surface area contributed by atoms with Gasteiger partial charge in [0, 0.05) is 27.7 Å². The van der Waals surface area contributed by atoms with Crippen LogP contribution in [0.25, 0.3) is 0 Å². The fourth-order valence-electron chi connectivity index (χ4n) is 11.5. The van der Waals surface area contributed by atoms with Crippen molar-refractivity contribution in [3.8, 4) is 0 Å². The Morgan fingerprint density at radius 1 is 0.289 bits per heavy atom. The lowest BCUT2D eigenvalue weighted by molar-refractivity contribution is -0.406. The Morgan fingerprint density at radius 2 is 0.611 bits per heavy atom. The van der Waals surface area contributed by atoms with E-state index in [9.17, 15) is 116 Å². The topological polar surface area (TPSA) is 621 Å². The normalized spacial score (nSPS) is 47.6. The summed E-state index contributed by atoms with van der Waals surface area (Å²) in [6.07, 6.45) is -63.2. The molecule has 520 valence electrons. The number of amides is 4. The van der Waals surface area contributed by atoms with Crippen LogP contribution in [0.4, 0.5) is 0 Å². The number of aliphatic hydroxyl groups is 19. The molecule has 0 radical (unpaired) electrons. The van der Waals surface area contributed by atoms with Crippen molar-refractivity contribution in [2.45, 2.75) is 242 Å². The van der Waals surface area contributed by atoms with E-state index in [0.717, 1.165) is 27.7 Å². The quantitative estimate of drug-likeness (QED) is 0.0452. The molecule has 7 heterocycles. The van der Waals surface area contributed by atoms with Crippen LogP contribution in [0, 0.1) is 0 Å². The highest BCUT2D eigenvalue weighted by molar-refractivity contribution is 5.74. The molecule has 0 unspecified atom stereocenters. The second-order valence-electron chi connectivity index (χ2n) is 22.5. The third-order valence-corrected chi connectivity index (χ3v) is 16.1. The Kier molecular flexibility index (Phi) is 26.6. The molecule has 7 rings (SSSR count). The van der Waals surface area contributed by atoms with Gasteiger partial charge in [0.15, 0.2) is 44.0 Å². The van der Waals surface area contributed by atoms with Gasteiger partial charge in [-0.25, -0.2) is 0 Å². The van der Waals surface area contributed by atoms with Crippen molar-refractivity contribution in [2.24, 2.45) is 0 Å². The molecule has 7 aliphatic rings. The van der Waals surface area contributed by atoms with Crippen LogP contribution in [-0.2, 0) is 80.8 Å². The van der Waals surface area contributed by atoms with E-state index in [2.05, 4.69) is 21.3 Å². The average Bonchev–Trinajstić information content (AvgIpc) is 0.790. The van der Waals surface area contributed by atoms with E-state index in [1.165, 1.54) is 0 Å². The van der Waals surface area contributed by atoms with Crippen LogP contribution in [0.15, 0.2) is 0 Å². The predicted octanol–water partition coefficient (Wildman–Crippen LogP) is -15.7. The largest absolute Gasteiger partial charge is 0.394 e. The van der Waals surface area contributed by atoms with Crippen LogP contribution in [0.5, 0.6) is 0 Å². The Bertz CT molecular complexity index is 2310. The van der Waals surface area contributed by atoms with E-state index in [-0.39, 0.29) is 0 Å². The van der Waals surface area contributed by atoms with Gasteiger partial charge in [0.2, 0.25) is 23.6 Å². The summed E-state index contributed by atoms with van der Waals surface area (Å²) in [5.41, 5.74) is 0. The van der Waals surface area contributed by atoms with E-state index >= 15 is 0 Å². The van der Waals surface area contributed by atoms with Crippen LogP contribution in [0.2, 0.25) is 0 Å². The molecule has 0 aliphatic carbocycles. The molecule has 0 saturated carbocycles. The number of hydrogen-bond acceptors (Lipinski definition) is 36. The summed E-state index contributed by atoms with van der Waals surface area (Å²) in [6.45, 7) is -3.39. The number of carbonyl (C=O) groups excluding carboxylic acids is 4. The fraction of sp³-hybridized carbons (Fsp3) is 0.920. The Hall–Kier alpha value is -3.40. The SMILES string of the molecule is CC(=O)N[C@@H]1[C@@H](O)[C@H](O[C@@H]2O[C@H](CO)[C@@H](O[C@@H]3O[C@H](CO[C@H]4O[C@H](CO)[C@@H](O)[C@H](O)[C@@H]4O)[C@@H](O[C@@H]4O[C@H](CO)[C@@H](O)[C@H](O)[C@H]4NC(C)=O)[C@H](O[C@H]4O[C@H](CO)[C@@H](O)[C@H](O)[C@@H]4O[C@@H]4O[C@H](CO)[C@@H](O)[C@H](O)[C@H]4NC(C)=O)[C@@H]3O)[C@H](O)[C@H]2NC(C)=O)[C@@H](CO)O[C@H]1O. The average molecular weight is 1320 g/mol. The van der Waals surface area contributed by atoms with Gasteiger partial charge in [0.25, 0.3) is 0 Å². The first-order valence-corrected chi connectivity index (χ1v) is 28.6. The van der Waals surface area contributed by atoms with E-state index in [1.807, 2.05) is 0 Å². The van der Waals surface area contributed by atoms with E-state index in [4.69, 9.17) is 61.6 Å². The van der Waals surface area contributed by atoms with Crippen molar-refractivity contribution in [3.05, 3.63) is 0 Å². The van der Waals surface area contributed by atoms with Crippen molar-refractivity contribution in [1.82, 2.24) is 21.3 Å². The first-order chi connectivity index (χ1) is 42.5. The summed E-state index contributed by atoms with van der Waals surface area (Å²) in [6, 6.07) is -7.10. The highest BCUT2D eigenvalue weighted by atomic mass is 16.8. The number of nitrogens with one attached hydrogen (secondary N) is 4. The highest BCUT2D eigenvalue weighted by Gasteiger charge is 2.60. The zero-order valence-electron chi connectivity index (χ0n) is 48.6. The molecule has 7 saturated heterocycles. The lowest BCUT2D eigenvalue weighted by Gasteiger charge is -2.52. The van der Waals surface area contributed by atoms with Gasteiger partial charge >= 0.3 is 0 Å². The van der Waals surface area contributed by atoms with Crippen molar-refractivity contribution >= 4 is 23.6 Å². The molecule has 7 fully saturated rings. The van der Waals surface area contributed by atoms with E-state index in [0.29, 0.717) is 0 Å². The molecule has 0 aromatic rings. The lowest BCUT2D eigenvalue weighted by Crippen LogP contribution is -2.71. The summed E-state index contributed by atoms with van der Waals surface area (Å²) < 4.78 is 77.9. The maximum atomic E-state index is 12.9. The van der Waals surface area contributed by atoms with Crippen molar-refractivity contribution < 1.29 is 178 Å². The van der Waals surface area contributed by atoms with Gasteiger partial charge in [0.05, 0.1) is 46.2 Å². The second kappa shape index (κ2) is 32.4. The number of carbonyl (C=O) groups is 4. The molecule has 35 atom stereocenters. The molecule has 4 amide bonds. The minimum atomic E-state index is -2.54. The molecule has 0 aromatic carbocycles. The molecule has 7 aliphatic heterocycles. The third-order valence-electron chi connectivity index (χ3n) is 16.1. The summed E-state index contributed by atoms with van der Waals surface area (Å²) in [4.78, 5) is 50.1. The van der Waals surface area contributed by atoms with Crippen LogP contribution in [-0.4, -0.2) is 382 Å². The Balaban J connectivity index is 1.34. The van der Waals surface area contributed by atoms with Crippen molar-refractivity contribution in [3.63, 3.8) is 0 Å². The molecule has 40 heteroatoms. The number of ether oxygens (including phenoxy) is 13. The smallest absolute Gasteiger partial charge is 0.217 e. The maximum absolute atomic E-state index is 12.9. The summed E-state index contributed by atoms with van der Waals surface area (Å²) >= 11 is 0. The van der Waals surface area contributed by atoms with Gasteiger partial charge in [-0.3, -0.25) is 19.2 Å². The van der Waals surface area contributed by atoms with Crippen LogP contribution in [0.3, 0.4) is 0 Å². The first kappa shape index (κ1) is 74.0. The fourth-order valence-corrected chi connectivity index (χ4v) is 11.5. The molecular weight excluding hydrogens is 1230 g/mol. The molecule has 40 nitrogen and oxygen atoms in total. The summed E-state index contributed by atoms with van der Waals surface area (Å²) in [5.74, 6) is -3.41.